The molecule has 0 saturated heterocycles. The lowest BCUT2D eigenvalue weighted by Crippen LogP contribution is -2.06. The van der Waals surface area contributed by atoms with Crippen molar-refractivity contribution >= 4 is 21.6 Å². The van der Waals surface area contributed by atoms with E-state index in [0.717, 1.165) is 38.4 Å². The summed E-state index contributed by atoms with van der Waals surface area (Å²) in [6.07, 6.45) is 4.94. The smallest absolute Gasteiger partial charge is 0.181 e. The number of aliphatic imine (C=N–C) groups is 1. The zero-order valence-electron chi connectivity index (χ0n) is 14.5. The van der Waals surface area contributed by atoms with Crippen LogP contribution in [0.2, 0.25) is 0 Å². The molecule has 0 N–H and O–H groups in total. The maximum atomic E-state index is 5.51. The molecule has 0 radical (unpaired) electrons. The van der Waals surface area contributed by atoms with Gasteiger partial charge in [-0.2, -0.15) is 0 Å². The van der Waals surface area contributed by atoms with E-state index in [2.05, 4.69) is 61.7 Å². The molecule has 132 valence electrons. The molecule has 1 atom stereocenters. The van der Waals surface area contributed by atoms with Crippen LogP contribution < -0.4 is 0 Å². The molecule has 0 spiro atoms. The molecule has 0 amide bonds. The molecule has 1 aliphatic heterocycles. The fourth-order valence-electron chi connectivity index (χ4n) is 3.53. The maximum Gasteiger partial charge on any atom is 0.181 e. The quantitative estimate of drug-likeness (QED) is 0.449. The van der Waals surface area contributed by atoms with Crippen LogP contribution in [0.25, 0.3) is 17.1 Å². The predicted molar refractivity (Wildman–Crippen MR) is 107 cm³/mol. The van der Waals surface area contributed by atoms with Gasteiger partial charge in [0.05, 0.1) is 29.3 Å². The van der Waals surface area contributed by atoms with Gasteiger partial charge in [-0.15, -0.1) is 0 Å². The molecule has 0 saturated carbocycles. The van der Waals surface area contributed by atoms with Crippen LogP contribution in [0.4, 0.5) is 0 Å². The summed E-state index contributed by atoms with van der Waals surface area (Å²) < 4.78 is 8.62. The van der Waals surface area contributed by atoms with Crippen molar-refractivity contribution in [3.05, 3.63) is 88.7 Å². The lowest BCUT2D eigenvalue weighted by Gasteiger charge is -2.12. The summed E-state index contributed by atoms with van der Waals surface area (Å²) >= 11 is 3.60. The van der Waals surface area contributed by atoms with Gasteiger partial charge in [0.1, 0.15) is 12.0 Å². The van der Waals surface area contributed by atoms with Crippen LogP contribution in [0.3, 0.4) is 0 Å². The highest BCUT2D eigenvalue weighted by Gasteiger charge is 2.27. The van der Waals surface area contributed by atoms with Gasteiger partial charge in [0, 0.05) is 15.6 Å². The first-order valence-corrected chi connectivity index (χ1v) is 9.41. The number of halogens is 1. The fraction of sp³-hybridized carbons (Fsp3) is 0.0952. The summed E-state index contributed by atoms with van der Waals surface area (Å²) in [6, 6.07) is 16.4. The Kier molecular flexibility index (Phi) is 3.79. The average Bonchev–Trinajstić information content (AvgIpc) is 3.34. The van der Waals surface area contributed by atoms with E-state index < -0.39 is 0 Å². The van der Waals surface area contributed by atoms with Crippen LogP contribution in [-0.4, -0.2) is 20.2 Å². The number of oxazole rings is 1. The second-order valence-corrected chi connectivity index (χ2v) is 7.31. The summed E-state index contributed by atoms with van der Waals surface area (Å²) in [5, 5.41) is 0. The Hall–Kier alpha value is -2.99. The van der Waals surface area contributed by atoms with Gasteiger partial charge in [0.15, 0.2) is 12.2 Å². The van der Waals surface area contributed by atoms with Gasteiger partial charge in [-0.1, -0.05) is 46.3 Å². The van der Waals surface area contributed by atoms with Crippen molar-refractivity contribution < 1.29 is 4.42 Å². The van der Waals surface area contributed by atoms with Crippen LogP contribution in [0, 0.1) is 0 Å². The third kappa shape index (κ3) is 2.64. The number of hydrogen-bond donors (Lipinski definition) is 0. The van der Waals surface area contributed by atoms with Crippen molar-refractivity contribution in [2.75, 3.05) is 0 Å². The van der Waals surface area contributed by atoms with E-state index in [1.54, 1.807) is 6.20 Å². The van der Waals surface area contributed by atoms with E-state index in [4.69, 9.17) is 9.41 Å². The first-order valence-electron chi connectivity index (χ1n) is 8.62. The van der Waals surface area contributed by atoms with Crippen molar-refractivity contribution in [1.29, 1.82) is 0 Å². The molecule has 0 aliphatic carbocycles. The Balaban J connectivity index is 1.81. The molecule has 5 rings (SSSR count). The van der Waals surface area contributed by atoms with E-state index in [-0.39, 0.29) is 6.04 Å². The van der Waals surface area contributed by atoms with Gasteiger partial charge in [-0.05, 0) is 25.1 Å². The van der Waals surface area contributed by atoms with Gasteiger partial charge < -0.3 is 4.42 Å². The van der Waals surface area contributed by atoms with Crippen LogP contribution in [0.1, 0.15) is 29.8 Å². The average molecular weight is 419 g/mol. The second kappa shape index (κ2) is 6.32. The lowest BCUT2D eigenvalue weighted by atomic mass is 10.0. The molecule has 6 heteroatoms. The SMILES string of the molecule is C[C@H]1N=C(c2ccccc2)c2cc(Br)ccc2-n2cnc(-c3cnco3)c21. The standard InChI is InChI=1S/C21H15BrN4O/c1-13-21-20(18-10-23-12-27-18)24-11-26(21)17-8-7-15(22)9-16(17)19(25-13)14-5-3-2-4-6-14/h2-13H,1H3/t13-/m1/s1. The summed E-state index contributed by atoms with van der Waals surface area (Å²) in [7, 11) is 0. The Bertz CT molecular complexity index is 1150. The molecular formula is C21H15BrN4O. The molecule has 27 heavy (non-hydrogen) atoms. The minimum absolute atomic E-state index is 0.103. The maximum absolute atomic E-state index is 5.51. The first kappa shape index (κ1) is 16.2. The van der Waals surface area contributed by atoms with E-state index in [1.807, 2.05) is 30.6 Å². The number of imidazole rings is 1. The molecule has 2 aromatic carbocycles. The van der Waals surface area contributed by atoms with Gasteiger partial charge >= 0.3 is 0 Å². The molecule has 0 unspecified atom stereocenters. The van der Waals surface area contributed by atoms with Gasteiger partial charge in [0.25, 0.3) is 0 Å². The molecule has 0 bridgehead atoms. The van der Waals surface area contributed by atoms with Crippen molar-refractivity contribution in [2.45, 2.75) is 13.0 Å². The fourth-order valence-corrected chi connectivity index (χ4v) is 3.89. The van der Waals surface area contributed by atoms with Gasteiger partial charge in [-0.3, -0.25) is 9.56 Å². The van der Waals surface area contributed by atoms with Crippen molar-refractivity contribution in [3.8, 4) is 17.1 Å². The molecule has 4 aromatic rings. The third-order valence-electron chi connectivity index (χ3n) is 4.71. The van der Waals surface area contributed by atoms with E-state index in [1.165, 1.54) is 6.39 Å². The normalized spacial score (nSPS) is 15.6. The topological polar surface area (TPSA) is 56.2 Å². The van der Waals surface area contributed by atoms with Crippen LogP contribution in [-0.2, 0) is 0 Å². The Morgan fingerprint density at radius 3 is 2.74 bits per heavy atom. The predicted octanol–water partition coefficient (Wildman–Crippen LogP) is 5.20. The number of fused-ring (bicyclic) bond motifs is 3. The summed E-state index contributed by atoms with van der Waals surface area (Å²) in [6.45, 7) is 2.08. The Morgan fingerprint density at radius 2 is 1.96 bits per heavy atom. The number of rotatable bonds is 2. The second-order valence-electron chi connectivity index (χ2n) is 6.40. The van der Waals surface area contributed by atoms with Crippen LogP contribution in [0.5, 0.6) is 0 Å². The highest BCUT2D eigenvalue weighted by molar-refractivity contribution is 9.10. The van der Waals surface area contributed by atoms with Gasteiger partial charge in [0.2, 0.25) is 0 Å². The minimum atomic E-state index is -0.103. The highest BCUT2D eigenvalue weighted by atomic mass is 79.9. The zero-order valence-corrected chi connectivity index (χ0v) is 16.1. The van der Waals surface area contributed by atoms with Crippen molar-refractivity contribution in [3.63, 3.8) is 0 Å². The highest BCUT2D eigenvalue weighted by Crippen LogP contribution is 2.36. The number of nitrogens with zero attached hydrogens (tertiary/aromatic N) is 4. The van der Waals surface area contributed by atoms with E-state index in [9.17, 15) is 0 Å². The first-order chi connectivity index (χ1) is 13.2. The minimum Gasteiger partial charge on any atom is -0.442 e. The van der Waals surface area contributed by atoms with Crippen molar-refractivity contribution in [2.24, 2.45) is 4.99 Å². The summed E-state index contributed by atoms with van der Waals surface area (Å²) in [5.41, 5.74) is 5.91. The largest absolute Gasteiger partial charge is 0.442 e. The van der Waals surface area contributed by atoms with Gasteiger partial charge in [-0.25, -0.2) is 9.97 Å². The van der Waals surface area contributed by atoms with E-state index in [0.29, 0.717) is 5.76 Å². The number of hydrogen-bond acceptors (Lipinski definition) is 4. The van der Waals surface area contributed by atoms with Crippen LogP contribution in [0.15, 0.2) is 81.3 Å². The monoisotopic (exact) mass is 418 g/mol. The summed E-state index contributed by atoms with van der Waals surface area (Å²) in [4.78, 5) is 13.7. The van der Waals surface area contributed by atoms with Crippen LogP contribution >= 0.6 is 15.9 Å². The zero-order chi connectivity index (χ0) is 18.4. The lowest BCUT2D eigenvalue weighted by molar-refractivity contribution is 0.568. The Labute approximate surface area is 164 Å². The molecule has 2 aromatic heterocycles. The molecule has 5 nitrogen and oxygen atoms in total. The molecule has 3 heterocycles. The third-order valence-corrected chi connectivity index (χ3v) is 5.20. The molecule has 0 fully saturated rings. The van der Waals surface area contributed by atoms with E-state index >= 15 is 0 Å². The Morgan fingerprint density at radius 1 is 1.11 bits per heavy atom. The molecule has 1 aliphatic rings. The summed E-state index contributed by atoms with van der Waals surface area (Å²) in [5.74, 6) is 0.646. The number of benzene rings is 2. The molecular weight excluding hydrogens is 404 g/mol. The van der Waals surface area contributed by atoms with Crippen molar-refractivity contribution in [1.82, 2.24) is 14.5 Å². The number of aromatic nitrogens is 3.